The molecule has 0 saturated carbocycles. The Kier molecular flexibility index (Phi) is 8.08. The van der Waals surface area contributed by atoms with Crippen molar-refractivity contribution in [3.8, 4) is 16.9 Å². The zero-order chi connectivity index (χ0) is 30.1. The lowest BCUT2D eigenvalue weighted by molar-refractivity contribution is -0.137. The number of piperazine rings is 1. The molecule has 3 aromatic carbocycles. The van der Waals surface area contributed by atoms with Crippen LogP contribution in [-0.2, 0) is 14.4 Å². The summed E-state index contributed by atoms with van der Waals surface area (Å²) < 4.78 is 1.86. The number of benzene rings is 3. The van der Waals surface area contributed by atoms with Crippen LogP contribution in [0.5, 0.6) is 0 Å². The maximum absolute atomic E-state index is 14.1. The van der Waals surface area contributed by atoms with Crippen molar-refractivity contribution in [3.63, 3.8) is 0 Å². The molecule has 1 aromatic heterocycles. The highest BCUT2D eigenvalue weighted by Gasteiger charge is 2.39. The maximum atomic E-state index is 14.1. The van der Waals surface area contributed by atoms with Gasteiger partial charge in [-0.25, -0.2) is 4.68 Å². The first-order valence-electron chi connectivity index (χ1n) is 14.6. The Morgan fingerprint density at radius 3 is 2.14 bits per heavy atom. The van der Waals surface area contributed by atoms with E-state index in [1.807, 2.05) is 78.3 Å². The number of hydrogen-bond acceptors (Lipinski definition) is 5. The number of rotatable bonds is 5. The van der Waals surface area contributed by atoms with E-state index in [2.05, 4.69) is 19.1 Å². The predicted molar refractivity (Wildman–Crippen MR) is 170 cm³/mol. The number of aromatic nitrogens is 2. The van der Waals surface area contributed by atoms with Crippen LogP contribution in [0.4, 0.5) is 5.82 Å². The second kappa shape index (κ2) is 12.1. The number of carbonyl (C=O) groups is 3. The zero-order valence-corrected chi connectivity index (χ0v) is 25.5. The molecule has 3 amide bonds. The second-order valence-corrected chi connectivity index (χ2v) is 12.2. The van der Waals surface area contributed by atoms with Crippen LogP contribution in [0.25, 0.3) is 16.9 Å². The molecule has 3 heterocycles. The fourth-order valence-electron chi connectivity index (χ4n) is 5.93. The van der Waals surface area contributed by atoms with Crippen LogP contribution in [0.3, 0.4) is 0 Å². The monoisotopic (exact) mass is 593 g/mol. The first-order chi connectivity index (χ1) is 20.8. The van der Waals surface area contributed by atoms with Gasteiger partial charge in [0.2, 0.25) is 17.7 Å². The van der Waals surface area contributed by atoms with Crippen LogP contribution >= 0.6 is 11.8 Å². The molecule has 1 fully saturated rings. The highest BCUT2D eigenvalue weighted by molar-refractivity contribution is 8.00. The number of carbonyl (C=O) groups excluding carboxylic acids is 3. The van der Waals surface area contributed by atoms with Crippen LogP contribution in [0.15, 0.2) is 78.9 Å². The molecule has 6 rings (SSSR count). The van der Waals surface area contributed by atoms with E-state index in [0.717, 1.165) is 39.2 Å². The standard InChI is InChI=1S/C34H35N5O3S/c1-23-11-7-9-15-27(23)33-31-32(26-13-5-4-6-14-26)35-39(28-16-10-8-12-24(28)2)34(31)38(30(42)22-43-33)21-29(41)37-19-17-36(18-20-37)25(3)40/h4-16,33H,17-22H2,1-3H3. The third-order valence-corrected chi connectivity index (χ3v) is 9.56. The fourth-order valence-corrected chi connectivity index (χ4v) is 7.22. The second-order valence-electron chi connectivity index (χ2n) is 11.1. The topological polar surface area (TPSA) is 78.8 Å². The molecule has 4 aromatic rings. The van der Waals surface area contributed by atoms with E-state index in [0.29, 0.717) is 32.0 Å². The summed E-state index contributed by atoms with van der Waals surface area (Å²) in [6.45, 7) is 7.45. The SMILES string of the molecule is CC(=O)N1CCN(C(=O)CN2C(=O)CSC(c3ccccc3C)c3c(-c4ccccc4)nn(-c4ccccc4C)c32)CC1. The Hall–Kier alpha value is -4.37. The smallest absolute Gasteiger partial charge is 0.242 e. The maximum Gasteiger partial charge on any atom is 0.242 e. The average Bonchev–Trinajstić information content (AvgIpc) is 3.34. The van der Waals surface area contributed by atoms with Crippen LogP contribution in [0.1, 0.15) is 34.4 Å². The van der Waals surface area contributed by atoms with Gasteiger partial charge in [-0.15, -0.1) is 11.8 Å². The van der Waals surface area contributed by atoms with Gasteiger partial charge in [-0.3, -0.25) is 19.3 Å². The van der Waals surface area contributed by atoms with E-state index in [9.17, 15) is 14.4 Å². The van der Waals surface area contributed by atoms with E-state index in [1.165, 1.54) is 0 Å². The first-order valence-corrected chi connectivity index (χ1v) is 15.6. The Balaban J connectivity index is 1.53. The minimum absolute atomic E-state index is 0.00860. The Bertz CT molecular complexity index is 1680. The molecule has 0 bridgehead atoms. The molecule has 8 nitrogen and oxygen atoms in total. The summed E-state index contributed by atoms with van der Waals surface area (Å²) in [5.41, 5.74) is 6.79. The van der Waals surface area contributed by atoms with Gasteiger partial charge in [-0.2, -0.15) is 5.10 Å². The van der Waals surface area contributed by atoms with Crippen molar-refractivity contribution in [3.05, 3.63) is 101 Å². The van der Waals surface area contributed by atoms with Gasteiger partial charge in [0.05, 0.1) is 22.4 Å². The number of aryl methyl sites for hydroxylation is 2. The van der Waals surface area contributed by atoms with E-state index in [1.54, 1.807) is 33.4 Å². The van der Waals surface area contributed by atoms with Crippen LogP contribution in [0.2, 0.25) is 0 Å². The lowest BCUT2D eigenvalue weighted by Gasteiger charge is -2.35. The van der Waals surface area contributed by atoms with E-state index in [4.69, 9.17) is 5.10 Å². The molecular weight excluding hydrogens is 558 g/mol. The molecule has 0 spiro atoms. The van der Waals surface area contributed by atoms with Crippen molar-refractivity contribution >= 4 is 35.3 Å². The lowest BCUT2D eigenvalue weighted by Crippen LogP contribution is -2.53. The summed E-state index contributed by atoms with van der Waals surface area (Å²) in [6.07, 6.45) is 0. The van der Waals surface area contributed by atoms with Gasteiger partial charge in [-0.1, -0.05) is 72.8 Å². The van der Waals surface area contributed by atoms with Gasteiger partial charge >= 0.3 is 0 Å². The number of thioether (sulfide) groups is 1. The zero-order valence-electron chi connectivity index (χ0n) is 24.7. The van der Waals surface area contributed by atoms with Crippen molar-refractivity contribution in [1.29, 1.82) is 0 Å². The average molecular weight is 594 g/mol. The summed E-state index contributed by atoms with van der Waals surface area (Å²) in [7, 11) is 0. The number of para-hydroxylation sites is 1. The summed E-state index contributed by atoms with van der Waals surface area (Å²) in [4.78, 5) is 44.9. The van der Waals surface area contributed by atoms with Crippen LogP contribution in [-0.4, -0.2) is 75.8 Å². The lowest BCUT2D eigenvalue weighted by atomic mass is 9.96. The summed E-state index contributed by atoms with van der Waals surface area (Å²) >= 11 is 1.58. The number of anilines is 1. The number of nitrogens with zero attached hydrogens (tertiary/aromatic N) is 5. The Morgan fingerprint density at radius 2 is 1.47 bits per heavy atom. The fraction of sp³-hybridized carbons (Fsp3) is 0.294. The minimum Gasteiger partial charge on any atom is -0.339 e. The molecule has 1 atom stereocenters. The molecule has 220 valence electrons. The third kappa shape index (κ3) is 5.57. The Morgan fingerprint density at radius 1 is 0.837 bits per heavy atom. The van der Waals surface area contributed by atoms with Crippen LogP contribution in [0, 0.1) is 13.8 Å². The number of hydrogen-bond donors (Lipinski definition) is 0. The van der Waals surface area contributed by atoms with Gasteiger partial charge in [0.25, 0.3) is 0 Å². The molecule has 1 saturated heterocycles. The molecular formula is C34H35N5O3S. The van der Waals surface area contributed by atoms with Gasteiger partial charge in [0, 0.05) is 44.2 Å². The molecule has 0 aliphatic carbocycles. The van der Waals surface area contributed by atoms with Crippen molar-refractivity contribution in [2.45, 2.75) is 26.0 Å². The minimum atomic E-state index is -0.174. The molecule has 2 aliphatic heterocycles. The predicted octanol–water partition coefficient (Wildman–Crippen LogP) is 5.02. The largest absolute Gasteiger partial charge is 0.339 e. The number of fused-ring (bicyclic) bond motifs is 1. The normalized spacial score (nSPS) is 17.0. The third-order valence-electron chi connectivity index (χ3n) is 8.32. The Labute approximate surface area is 256 Å². The van der Waals surface area contributed by atoms with Gasteiger partial charge in [0.15, 0.2) is 0 Å². The van der Waals surface area contributed by atoms with E-state index >= 15 is 0 Å². The highest BCUT2D eigenvalue weighted by atomic mass is 32.2. The van der Waals surface area contributed by atoms with Gasteiger partial charge in [-0.05, 0) is 36.6 Å². The molecule has 9 heteroatoms. The van der Waals surface area contributed by atoms with Gasteiger partial charge < -0.3 is 9.80 Å². The van der Waals surface area contributed by atoms with E-state index < -0.39 is 0 Å². The summed E-state index contributed by atoms with van der Waals surface area (Å²) in [6, 6.07) is 26.3. The van der Waals surface area contributed by atoms with Crippen LogP contribution < -0.4 is 4.90 Å². The van der Waals surface area contributed by atoms with Gasteiger partial charge in [0.1, 0.15) is 12.4 Å². The summed E-state index contributed by atoms with van der Waals surface area (Å²) in [5.74, 6) is 0.593. The van der Waals surface area contributed by atoms with E-state index in [-0.39, 0.29) is 35.3 Å². The first kappa shape index (κ1) is 28.7. The van der Waals surface area contributed by atoms with Crippen molar-refractivity contribution < 1.29 is 14.4 Å². The summed E-state index contributed by atoms with van der Waals surface area (Å²) in [5, 5.41) is 5.04. The molecule has 0 N–H and O–H groups in total. The molecule has 0 radical (unpaired) electrons. The molecule has 1 unspecified atom stereocenters. The molecule has 2 aliphatic rings. The van der Waals surface area contributed by atoms with Crippen molar-refractivity contribution in [2.75, 3.05) is 43.4 Å². The molecule has 43 heavy (non-hydrogen) atoms. The number of amides is 3. The van der Waals surface area contributed by atoms with Crippen molar-refractivity contribution in [1.82, 2.24) is 19.6 Å². The quantitative estimate of drug-likeness (QED) is 0.325. The van der Waals surface area contributed by atoms with Crippen molar-refractivity contribution in [2.24, 2.45) is 0 Å². The highest BCUT2D eigenvalue weighted by Crippen LogP contribution is 2.49.